The van der Waals surface area contributed by atoms with Crippen molar-refractivity contribution in [2.75, 3.05) is 18.4 Å². The second-order valence-corrected chi connectivity index (χ2v) is 7.84. The molecule has 8 heteroatoms. The molecule has 1 fully saturated rings. The minimum Gasteiger partial charge on any atom is -0.619 e. The van der Waals surface area contributed by atoms with Crippen LogP contribution in [0.3, 0.4) is 0 Å². The molecule has 0 bridgehead atoms. The highest BCUT2D eigenvalue weighted by molar-refractivity contribution is 7.89. The topological polar surface area (TPSA) is 93.4 Å². The Labute approximate surface area is 146 Å². The highest BCUT2D eigenvalue weighted by Gasteiger charge is 2.26. The molecule has 25 heavy (non-hydrogen) atoms. The van der Waals surface area contributed by atoms with Gasteiger partial charge in [-0.05, 0) is 37.1 Å². The van der Waals surface area contributed by atoms with Gasteiger partial charge >= 0.3 is 0 Å². The maximum Gasteiger partial charge on any atom is 0.261 e. The Hall–Kier alpha value is -2.45. The summed E-state index contributed by atoms with van der Waals surface area (Å²) in [6, 6.07) is 9.15. The smallest absolute Gasteiger partial charge is 0.261 e. The van der Waals surface area contributed by atoms with Crippen molar-refractivity contribution in [3.05, 3.63) is 59.6 Å². The van der Waals surface area contributed by atoms with Gasteiger partial charge < -0.3 is 10.5 Å². The van der Waals surface area contributed by atoms with Gasteiger partial charge in [-0.25, -0.2) is 8.42 Å². The number of hydrogen-bond acceptors (Lipinski definition) is 4. The Bertz CT molecular complexity index is 877. The lowest BCUT2D eigenvalue weighted by Gasteiger charge is -2.26. The molecular formula is C17H19N3O4S. The van der Waals surface area contributed by atoms with Crippen LogP contribution in [0.4, 0.5) is 5.69 Å². The third-order valence-corrected chi connectivity index (χ3v) is 5.98. The van der Waals surface area contributed by atoms with Crippen LogP contribution in [0.5, 0.6) is 0 Å². The number of sulfonamides is 1. The van der Waals surface area contributed by atoms with Gasteiger partial charge in [-0.15, -0.1) is 0 Å². The van der Waals surface area contributed by atoms with Gasteiger partial charge in [0.15, 0.2) is 12.4 Å². The summed E-state index contributed by atoms with van der Waals surface area (Å²) in [6.07, 6.45) is 5.20. The Morgan fingerprint density at radius 3 is 2.60 bits per heavy atom. The largest absolute Gasteiger partial charge is 0.619 e. The first-order valence-corrected chi connectivity index (χ1v) is 9.51. The molecule has 1 N–H and O–H groups in total. The maximum atomic E-state index is 12.7. The minimum absolute atomic E-state index is 0.152. The van der Waals surface area contributed by atoms with E-state index in [-0.39, 0.29) is 10.5 Å². The van der Waals surface area contributed by atoms with Gasteiger partial charge in [0.25, 0.3) is 5.91 Å². The number of piperidine rings is 1. The van der Waals surface area contributed by atoms with E-state index in [1.807, 2.05) is 0 Å². The molecule has 0 saturated carbocycles. The van der Waals surface area contributed by atoms with Gasteiger partial charge in [-0.3, -0.25) is 4.79 Å². The zero-order valence-corrected chi connectivity index (χ0v) is 14.4. The zero-order chi connectivity index (χ0) is 17.9. The quantitative estimate of drug-likeness (QED) is 0.663. The van der Waals surface area contributed by atoms with Crippen molar-refractivity contribution in [3.63, 3.8) is 0 Å². The first-order chi connectivity index (χ1) is 12.0. The van der Waals surface area contributed by atoms with Crippen LogP contribution in [0, 0.1) is 5.21 Å². The number of hydrogen-bond donors (Lipinski definition) is 1. The van der Waals surface area contributed by atoms with E-state index in [1.54, 1.807) is 12.1 Å². The number of nitrogens with one attached hydrogen (secondary N) is 1. The fourth-order valence-corrected chi connectivity index (χ4v) is 4.34. The zero-order valence-electron chi connectivity index (χ0n) is 13.6. The highest BCUT2D eigenvalue weighted by Crippen LogP contribution is 2.23. The number of nitrogens with zero attached hydrogens (tertiary/aromatic N) is 2. The van der Waals surface area contributed by atoms with Crippen LogP contribution >= 0.6 is 0 Å². The van der Waals surface area contributed by atoms with E-state index in [9.17, 15) is 18.4 Å². The standard InChI is InChI=1S/C17H19N3O4S/c21-17(14-6-5-9-19(22)13-14)18-15-7-4-8-16(12-15)25(23,24)20-10-2-1-3-11-20/h4-9,12-13H,1-3,10-11H2,(H,18,21). The number of rotatable bonds is 4. The van der Waals surface area contributed by atoms with Crippen LogP contribution in [-0.4, -0.2) is 31.7 Å². The number of anilines is 1. The summed E-state index contributed by atoms with van der Waals surface area (Å²) < 4.78 is 27.4. The average molecular weight is 361 g/mol. The third-order valence-electron chi connectivity index (χ3n) is 4.08. The molecule has 0 aliphatic carbocycles. The molecule has 1 saturated heterocycles. The summed E-state index contributed by atoms with van der Waals surface area (Å²) in [4.78, 5) is 12.4. The molecular weight excluding hydrogens is 342 g/mol. The molecule has 2 aromatic rings. The van der Waals surface area contributed by atoms with E-state index in [0.29, 0.717) is 23.5 Å². The molecule has 1 aromatic heterocycles. The first-order valence-electron chi connectivity index (χ1n) is 8.07. The second-order valence-electron chi connectivity index (χ2n) is 5.90. The molecule has 0 radical (unpaired) electrons. The van der Waals surface area contributed by atoms with Crippen LogP contribution in [0.2, 0.25) is 0 Å². The van der Waals surface area contributed by atoms with Gasteiger partial charge in [0, 0.05) is 24.8 Å². The number of pyridine rings is 1. The van der Waals surface area contributed by atoms with Crippen molar-refractivity contribution in [1.82, 2.24) is 4.31 Å². The molecule has 1 aliphatic heterocycles. The molecule has 1 amide bonds. The molecule has 0 spiro atoms. The predicted molar refractivity (Wildman–Crippen MR) is 92.4 cm³/mol. The van der Waals surface area contributed by atoms with Crippen LogP contribution in [-0.2, 0) is 10.0 Å². The van der Waals surface area contributed by atoms with E-state index in [1.165, 1.54) is 34.8 Å². The van der Waals surface area contributed by atoms with E-state index in [2.05, 4.69) is 5.32 Å². The number of benzene rings is 1. The summed E-state index contributed by atoms with van der Waals surface area (Å²) >= 11 is 0. The maximum absolute atomic E-state index is 12.7. The molecule has 0 atom stereocenters. The molecule has 0 unspecified atom stereocenters. The van der Waals surface area contributed by atoms with Crippen molar-refractivity contribution < 1.29 is 17.9 Å². The first kappa shape index (κ1) is 17.4. The van der Waals surface area contributed by atoms with E-state index < -0.39 is 15.9 Å². The van der Waals surface area contributed by atoms with Crippen molar-refractivity contribution in [3.8, 4) is 0 Å². The normalized spacial score (nSPS) is 15.7. The summed E-state index contributed by atoms with van der Waals surface area (Å²) in [5, 5.41) is 13.9. The van der Waals surface area contributed by atoms with Crippen molar-refractivity contribution in [1.29, 1.82) is 0 Å². The fraction of sp³-hybridized carbons (Fsp3) is 0.294. The summed E-state index contributed by atoms with van der Waals surface area (Å²) in [5.74, 6) is -0.474. The molecule has 3 rings (SSSR count). The van der Waals surface area contributed by atoms with Crippen molar-refractivity contribution >= 4 is 21.6 Å². The number of amides is 1. The lowest BCUT2D eigenvalue weighted by molar-refractivity contribution is -0.605. The van der Waals surface area contributed by atoms with Gasteiger partial charge in [0.05, 0.1) is 4.90 Å². The van der Waals surface area contributed by atoms with Gasteiger partial charge in [0.1, 0.15) is 5.56 Å². The van der Waals surface area contributed by atoms with Crippen molar-refractivity contribution in [2.24, 2.45) is 0 Å². The van der Waals surface area contributed by atoms with Crippen LogP contribution < -0.4 is 10.0 Å². The van der Waals surface area contributed by atoms with Gasteiger partial charge in [-0.2, -0.15) is 9.04 Å². The molecule has 132 valence electrons. The third kappa shape index (κ3) is 3.97. The van der Waals surface area contributed by atoms with Crippen LogP contribution in [0.1, 0.15) is 29.6 Å². The number of aromatic nitrogens is 1. The molecule has 1 aromatic carbocycles. The summed E-state index contributed by atoms with van der Waals surface area (Å²) in [6.45, 7) is 1.04. The molecule has 2 heterocycles. The molecule has 7 nitrogen and oxygen atoms in total. The summed E-state index contributed by atoms with van der Waals surface area (Å²) in [5.41, 5.74) is 0.561. The van der Waals surface area contributed by atoms with E-state index in [4.69, 9.17) is 0 Å². The van der Waals surface area contributed by atoms with Gasteiger partial charge in [-0.1, -0.05) is 12.5 Å². The van der Waals surface area contributed by atoms with E-state index in [0.717, 1.165) is 25.5 Å². The number of carbonyl (C=O) groups is 1. The lowest BCUT2D eigenvalue weighted by atomic mass is 10.2. The molecule has 1 aliphatic rings. The highest BCUT2D eigenvalue weighted by atomic mass is 32.2. The van der Waals surface area contributed by atoms with Crippen molar-refractivity contribution in [2.45, 2.75) is 24.2 Å². The Morgan fingerprint density at radius 2 is 1.88 bits per heavy atom. The SMILES string of the molecule is O=C(Nc1cccc(S(=O)(=O)N2CCCCC2)c1)c1ccc[n+]([O-])c1. The Kier molecular flexibility index (Phi) is 5.00. The average Bonchev–Trinajstić information content (AvgIpc) is 2.62. The van der Waals surface area contributed by atoms with Gasteiger partial charge in [0.2, 0.25) is 10.0 Å². The van der Waals surface area contributed by atoms with Crippen LogP contribution in [0.15, 0.2) is 53.7 Å². The Balaban J connectivity index is 1.80. The van der Waals surface area contributed by atoms with E-state index >= 15 is 0 Å². The summed E-state index contributed by atoms with van der Waals surface area (Å²) in [7, 11) is -3.56. The lowest BCUT2D eigenvalue weighted by Crippen LogP contribution is -2.35. The monoisotopic (exact) mass is 361 g/mol. The van der Waals surface area contributed by atoms with Crippen LogP contribution in [0.25, 0.3) is 0 Å². The predicted octanol–water partition coefficient (Wildman–Crippen LogP) is 1.75. The number of carbonyl (C=O) groups excluding carboxylic acids is 1. The minimum atomic E-state index is -3.56. The Morgan fingerprint density at radius 1 is 1.12 bits per heavy atom. The second kappa shape index (κ2) is 7.20. The fourth-order valence-electron chi connectivity index (χ4n) is 2.78.